The minimum Gasteiger partial charge on any atom is -0.490 e. The first-order chi connectivity index (χ1) is 14.1. The molecule has 0 radical (unpaired) electrons. The third-order valence-electron chi connectivity index (χ3n) is 4.03. The van der Waals surface area contributed by atoms with Gasteiger partial charge >= 0.3 is 5.69 Å². The number of sulfonamides is 1. The number of hydrogen-bond donors (Lipinski definition) is 1. The number of thiazole rings is 1. The van der Waals surface area contributed by atoms with Crippen molar-refractivity contribution in [3.63, 3.8) is 0 Å². The molecule has 3 aromatic rings. The fourth-order valence-electron chi connectivity index (χ4n) is 2.61. The van der Waals surface area contributed by atoms with Crippen LogP contribution in [0.3, 0.4) is 0 Å². The Kier molecular flexibility index (Phi) is 5.67. The highest BCUT2D eigenvalue weighted by Gasteiger charge is 2.21. The number of ether oxygens (including phenoxy) is 1. The van der Waals surface area contributed by atoms with E-state index in [9.17, 15) is 28.6 Å². The summed E-state index contributed by atoms with van der Waals surface area (Å²) in [5.74, 6) is 0.0933. The van der Waals surface area contributed by atoms with Gasteiger partial charge in [0.05, 0.1) is 27.5 Å². The van der Waals surface area contributed by atoms with Crippen molar-refractivity contribution < 1.29 is 23.0 Å². The molecule has 1 aromatic heterocycles. The standard InChI is InChI=1S/C17H14N4O7S2/c1-10-16(11-3-8-15(28-2)14(9-11)21(24)25)18-17(29-10)19-30(26,27)13-6-4-12(5-7-13)20(22)23/h3-9H,1-2H3,(H,18,19). The fraction of sp³-hybridized carbons (Fsp3) is 0.118. The molecule has 11 nitrogen and oxygen atoms in total. The number of hydrogen-bond acceptors (Lipinski definition) is 9. The second-order valence-corrected chi connectivity index (χ2v) is 8.81. The largest absolute Gasteiger partial charge is 0.490 e. The zero-order chi connectivity index (χ0) is 22.1. The van der Waals surface area contributed by atoms with Crippen LogP contribution in [0.2, 0.25) is 0 Å². The van der Waals surface area contributed by atoms with Gasteiger partial charge in [0.1, 0.15) is 0 Å². The Morgan fingerprint density at radius 2 is 1.73 bits per heavy atom. The maximum absolute atomic E-state index is 12.5. The minimum atomic E-state index is -4.03. The van der Waals surface area contributed by atoms with Crippen molar-refractivity contribution in [2.24, 2.45) is 0 Å². The summed E-state index contributed by atoms with van der Waals surface area (Å²) < 4.78 is 32.4. The molecule has 2 aromatic carbocycles. The van der Waals surface area contributed by atoms with Crippen LogP contribution in [0.5, 0.6) is 5.75 Å². The lowest BCUT2D eigenvalue weighted by Crippen LogP contribution is -2.12. The summed E-state index contributed by atoms with van der Waals surface area (Å²) in [5.41, 5.74) is 0.335. The van der Waals surface area contributed by atoms with Crippen molar-refractivity contribution in [2.75, 3.05) is 11.8 Å². The SMILES string of the molecule is COc1ccc(-c2nc(NS(=O)(=O)c3ccc([N+](=O)[O-])cc3)sc2C)cc1[N+](=O)[O-]. The van der Waals surface area contributed by atoms with Crippen LogP contribution in [0.1, 0.15) is 4.88 Å². The van der Waals surface area contributed by atoms with Crippen LogP contribution in [0, 0.1) is 27.2 Å². The number of nitrogens with one attached hydrogen (secondary N) is 1. The molecule has 156 valence electrons. The van der Waals surface area contributed by atoms with Crippen LogP contribution < -0.4 is 9.46 Å². The third-order valence-corrected chi connectivity index (χ3v) is 6.40. The number of nitro groups is 2. The van der Waals surface area contributed by atoms with Crippen LogP contribution in [0.4, 0.5) is 16.5 Å². The molecule has 3 rings (SSSR count). The molecule has 0 atom stereocenters. The van der Waals surface area contributed by atoms with Crippen LogP contribution in [0.25, 0.3) is 11.3 Å². The van der Waals surface area contributed by atoms with Crippen molar-refractivity contribution in [1.29, 1.82) is 0 Å². The molecule has 1 N–H and O–H groups in total. The lowest BCUT2D eigenvalue weighted by atomic mass is 10.1. The number of methoxy groups -OCH3 is 1. The zero-order valence-corrected chi connectivity index (χ0v) is 17.2. The van der Waals surface area contributed by atoms with Gasteiger partial charge in [-0.2, -0.15) is 0 Å². The van der Waals surface area contributed by atoms with Gasteiger partial charge < -0.3 is 4.74 Å². The van der Waals surface area contributed by atoms with E-state index in [0.29, 0.717) is 16.1 Å². The van der Waals surface area contributed by atoms with Gasteiger partial charge in [0.2, 0.25) is 0 Å². The molecule has 0 aliphatic carbocycles. The van der Waals surface area contributed by atoms with Gasteiger partial charge in [-0.1, -0.05) is 0 Å². The topological polar surface area (TPSA) is 155 Å². The van der Waals surface area contributed by atoms with Gasteiger partial charge in [0.15, 0.2) is 10.9 Å². The molecule has 30 heavy (non-hydrogen) atoms. The van der Waals surface area contributed by atoms with Crippen LogP contribution in [0.15, 0.2) is 47.4 Å². The van der Waals surface area contributed by atoms with Crippen LogP contribution >= 0.6 is 11.3 Å². The fourth-order valence-corrected chi connectivity index (χ4v) is 4.68. The third kappa shape index (κ3) is 4.21. The number of rotatable bonds is 7. The average Bonchev–Trinajstić information content (AvgIpc) is 3.06. The highest BCUT2D eigenvalue weighted by molar-refractivity contribution is 7.93. The van der Waals surface area contributed by atoms with Crippen molar-refractivity contribution in [3.8, 4) is 17.0 Å². The molecule has 0 unspecified atom stereocenters. The summed E-state index contributed by atoms with van der Waals surface area (Å²) in [4.78, 5) is 25.5. The van der Waals surface area contributed by atoms with Crippen molar-refractivity contribution >= 4 is 37.9 Å². The molecule has 0 spiro atoms. The van der Waals surface area contributed by atoms with Gasteiger partial charge in [-0.15, -0.1) is 11.3 Å². The van der Waals surface area contributed by atoms with E-state index in [0.717, 1.165) is 35.6 Å². The molecule has 0 saturated heterocycles. The number of non-ortho nitro benzene ring substituents is 1. The number of nitrogens with zero attached hydrogens (tertiary/aromatic N) is 3. The number of benzene rings is 2. The first-order valence-corrected chi connectivity index (χ1v) is 10.5. The van der Waals surface area contributed by atoms with Crippen molar-refractivity contribution in [3.05, 3.63) is 67.6 Å². The van der Waals surface area contributed by atoms with E-state index in [1.54, 1.807) is 13.0 Å². The highest BCUT2D eigenvalue weighted by Crippen LogP contribution is 2.36. The van der Waals surface area contributed by atoms with Gasteiger partial charge in [0, 0.05) is 28.6 Å². The maximum atomic E-state index is 12.5. The summed E-state index contributed by atoms with van der Waals surface area (Å²) >= 11 is 1.05. The highest BCUT2D eigenvalue weighted by atomic mass is 32.2. The molecular formula is C17H14N4O7S2. The number of nitro benzene ring substituents is 2. The molecule has 0 amide bonds. The first-order valence-electron chi connectivity index (χ1n) is 8.20. The quantitative estimate of drug-likeness (QED) is 0.421. The van der Waals surface area contributed by atoms with E-state index in [-0.39, 0.29) is 27.2 Å². The van der Waals surface area contributed by atoms with E-state index >= 15 is 0 Å². The second-order valence-electron chi connectivity index (χ2n) is 5.92. The van der Waals surface area contributed by atoms with E-state index in [1.807, 2.05) is 0 Å². The number of anilines is 1. The minimum absolute atomic E-state index is 0.0549. The Balaban J connectivity index is 1.92. The van der Waals surface area contributed by atoms with Gasteiger partial charge in [-0.3, -0.25) is 25.0 Å². The predicted molar refractivity (Wildman–Crippen MR) is 109 cm³/mol. The van der Waals surface area contributed by atoms with Gasteiger partial charge in [-0.05, 0) is 31.2 Å². The molecule has 0 fully saturated rings. The van der Waals surface area contributed by atoms with Crippen LogP contribution in [-0.4, -0.2) is 30.4 Å². The predicted octanol–water partition coefficient (Wildman–Crippen LogP) is 3.74. The Morgan fingerprint density at radius 3 is 2.30 bits per heavy atom. The molecule has 0 aliphatic heterocycles. The van der Waals surface area contributed by atoms with Crippen molar-refractivity contribution in [2.45, 2.75) is 11.8 Å². The van der Waals surface area contributed by atoms with E-state index < -0.39 is 19.9 Å². The summed E-state index contributed by atoms with van der Waals surface area (Å²) in [6, 6.07) is 8.74. The first kappa shape index (κ1) is 21.1. The summed E-state index contributed by atoms with van der Waals surface area (Å²) in [6.07, 6.45) is 0. The Morgan fingerprint density at radius 1 is 1.07 bits per heavy atom. The molecule has 0 saturated carbocycles. The average molecular weight is 450 g/mol. The number of aromatic nitrogens is 1. The van der Waals surface area contributed by atoms with Crippen LogP contribution in [-0.2, 0) is 10.0 Å². The van der Waals surface area contributed by atoms with E-state index in [4.69, 9.17) is 4.74 Å². The van der Waals surface area contributed by atoms with Crippen molar-refractivity contribution in [1.82, 2.24) is 4.98 Å². The molecule has 0 bridgehead atoms. The zero-order valence-electron chi connectivity index (χ0n) is 15.6. The number of aryl methyl sites for hydroxylation is 1. The summed E-state index contributed by atoms with van der Waals surface area (Å²) in [7, 11) is -2.71. The monoisotopic (exact) mass is 450 g/mol. The summed E-state index contributed by atoms with van der Waals surface area (Å²) in [5, 5.41) is 22.0. The molecule has 13 heteroatoms. The van der Waals surface area contributed by atoms with E-state index in [2.05, 4.69) is 9.71 Å². The normalized spacial score (nSPS) is 11.1. The molecule has 0 aliphatic rings. The Bertz CT molecular complexity index is 1240. The lowest BCUT2D eigenvalue weighted by molar-refractivity contribution is -0.385. The molecular weight excluding hydrogens is 436 g/mol. The maximum Gasteiger partial charge on any atom is 0.311 e. The smallest absolute Gasteiger partial charge is 0.311 e. The second kappa shape index (κ2) is 8.04. The molecule has 1 heterocycles. The van der Waals surface area contributed by atoms with E-state index in [1.165, 1.54) is 19.2 Å². The van der Waals surface area contributed by atoms with Gasteiger partial charge in [0.25, 0.3) is 15.7 Å². The van der Waals surface area contributed by atoms with Gasteiger partial charge in [-0.25, -0.2) is 13.4 Å². The Hall–Kier alpha value is -3.58. The summed E-state index contributed by atoms with van der Waals surface area (Å²) in [6.45, 7) is 1.70. The lowest BCUT2D eigenvalue weighted by Gasteiger charge is -2.05. The Labute approximate surface area is 174 Å².